The highest BCUT2D eigenvalue weighted by molar-refractivity contribution is 5.15. The molecule has 2 aliphatic rings. The van der Waals surface area contributed by atoms with Gasteiger partial charge in [-0.25, -0.2) is 0 Å². The summed E-state index contributed by atoms with van der Waals surface area (Å²) in [6, 6.07) is 12.2. The Balaban J connectivity index is 1.45. The maximum absolute atomic E-state index is 3.51. The van der Waals surface area contributed by atoms with E-state index in [1.165, 1.54) is 31.7 Å². The molecule has 0 saturated carbocycles. The van der Waals surface area contributed by atoms with Gasteiger partial charge in [0.25, 0.3) is 0 Å². The van der Waals surface area contributed by atoms with E-state index in [0.29, 0.717) is 6.04 Å². The predicted octanol–water partition coefficient (Wildman–Crippen LogP) is 1.16. The molecule has 1 unspecified atom stereocenters. The molecule has 3 nitrogen and oxygen atoms in total. The summed E-state index contributed by atoms with van der Waals surface area (Å²) in [5, 5.41) is 3.51. The molecule has 1 atom stereocenters. The topological polar surface area (TPSA) is 18.5 Å². The van der Waals surface area contributed by atoms with E-state index in [1.807, 2.05) is 0 Å². The molecule has 1 N–H and O–H groups in total. The monoisotopic (exact) mass is 245 g/mol. The van der Waals surface area contributed by atoms with Crippen LogP contribution in [0.1, 0.15) is 12.5 Å². The second-order valence-corrected chi connectivity index (χ2v) is 5.68. The average Bonchev–Trinajstić information content (AvgIpc) is 2.34. The van der Waals surface area contributed by atoms with Gasteiger partial charge in [0.15, 0.2) is 0 Å². The van der Waals surface area contributed by atoms with E-state index in [4.69, 9.17) is 0 Å². The first-order valence-corrected chi connectivity index (χ1v) is 7.05. The van der Waals surface area contributed by atoms with Crippen LogP contribution >= 0.6 is 0 Å². The van der Waals surface area contributed by atoms with Crippen molar-refractivity contribution < 1.29 is 0 Å². The third-order valence-corrected chi connectivity index (χ3v) is 4.10. The number of hydrogen-bond donors (Lipinski definition) is 1. The van der Waals surface area contributed by atoms with Crippen LogP contribution in [0.5, 0.6) is 0 Å². The van der Waals surface area contributed by atoms with Gasteiger partial charge >= 0.3 is 0 Å². The van der Waals surface area contributed by atoms with E-state index >= 15 is 0 Å². The Labute approximate surface area is 110 Å². The summed E-state index contributed by atoms with van der Waals surface area (Å²) in [5.41, 5.74) is 1.43. The van der Waals surface area contributed by atoms with Gasteiger partial charge in [-0.2, -0.15) is 0 Å². The zero-order valence-corrected chi connectivity index (χ0v) is 11.2. The van der Waals surface area contributed by atoms with Gasteiger partial charge in [-0.3, -0.25) is 9.80 Å². The molecule has 3 heteroatoms. The van der Waals surface area contributed by atoms with Crippen LogP contribution in [0.15, 0.2) is 30.3 Å². The van der Waals surface area contributed by atoms with E-state index in [2.05, 4.69) is 52.4 Å². The summed E-state index contributed by atoms with van der Waals surface area (Å²) in [6.45, 7) is 9.45. The lowest BCUT2D eigenvalue weighted by atomic mass is 10.0. The quantitative estimate of drug-likeness (QED) is 0.862. The van der Waals surface area contributed by atoms with Crippen LogP contribution in [0.25, 0.3) is 0 Å². The lowest BCUT2D eigenvalue weighted by Gasteiger charge is -2.48. The van der Waals surface area contributed by atoms with Gasteiger partial charge in [0.05, 0.1) is 0 Å². The van der Waals surface area contributed by atoms with Crippen LogP contribution < -0.4 is 5.32 Å². The van der Waals surface area contributed by atoms with E-state index in [1.54, 1.807) is 0 Å². The Morgan fingerprint density at radius 1 is 1.17 bits per heavy atom. The third-order valence-electron chi connectivity index (χ3n) is 4.10. The van der Waals surface area contributed by atoms with E-state index in [-0.39, 0.29) is 0 Å². The van der Waals surface area contributed by atoms with Gasteiger partial charge in [-0.05, 0) is 12.5 Å². The number of benzene rings is 1. The largest absolute Gasteiger partial charge is 0.312 e. The molecule has 0 bridgehead atoms. The number of rotatable bonds is 3. The molecule has 0 aromatic heterocycles. The average molecular weight is 245 g/mol. The second-order valence-electron chi connectivity index (χ2n) is 5.68. The van der Waals surface area contributed by atoms with Gasteiger partial charge in [-0.15, -0.1) is 0 Å². The summed E-state index contributed by atoms with van der Waals surface area (Å²) < 4.78 is 0. The molecule has 0 aliphatic carbocycles. The summed E-state index contributed by atoms with van der Waals surface area (Å²) in [4.78, 5) is 5.20. The van der Waals surface area contributed by atoms with Crippen molar-refractivity contribution in [3.8, 4) is 0 Å². The molecule has 2 aliphatic heterocycles. The van der Waals surface area contributed by atoms with Gasteiger partial charge in [-0.1, -0.05) is 30.3 Å². The summed E-state index contributed by atoms with van der Waals surface area (Å²) in [6.07, 6.45) is 0. The van der Waals surface area contributed by atoms with Crippen molar-refractivity contribution in [3.05, 3.63) is 35.9 Å². The minimum absolute atomic E-state index is 0.655. The zero-order chi connectivity index (χ0) is 12.4. The number of hydrogen-bond acceptors (Lipinski definition) is 3. The summed E-state index contributed by atoms with van der Waals surface area (Å²) >= 11 is 0. The van der Waals surface area contributed by atoms with Gasteiger partial charge < -0.3 is 5.32 Å². The van der Waals surface area contributed by atoms with Crippen molar-refractivity contribution in [2.75, 3.05) is 32.7 Å². The fourth-order valence-corrected chi connectivity index (χ4v) is 3.04. The standard InChI is InChI=1S/C15H23N3/c1-13-9-18(8-7-16-13)15-11-17(12-15)10-14-5-3-2-4-6-14/h2-6,13,15-16H,7-12H2,1H3. The Morgan fingerprint density at radius 3 is 2.67 bits per heavy atom. The minimum atomic E-state index is 0.655. The third kappa shape index (κ3) is 2.74. The van der Waals surface area contributed by atoms with Crippen LogP contribution in [0.3, 0.4) is 0 Å². The first kappa shape index (κ1) is 12.2. The van der Waals surface area contributed by atoms with Crippen molar-refractivity contribution in [2.24, 2.45) is 0 Å². The van der Waals surface area contributed by atoms with Gasteiger partial charge in [0.2, 0.25) is 0 Å². The molecule has 18 heavy (non-hydrogen) atoms. The lowest BCUT2D eigenvalue weighted by molar-refractivity contribution is 0.0149. The van der Waals surface area contributed by atoms with Crippen molar-refractivity contribution >= 4 is 0 Å². The number of nitrogens with one attached hydrogen (secondary N) is 1. The Bertz CT molecular complexity index is 373. The Kier molecular flexibility index (Phi) is 3.64. The Hall–Kier alpha value is -0.900. The van der Waals surface area contributed by atoms with Crippen LogP contribution in [-0.4, -0.2) is 54.6 Å². The van der Waals surface area contributed by atoms with Crippen LogP contribution in [0.2, 0.25) is 0 Å². The first-order chi connectivity index (χ1) is 8.81. The highest BCUT2D eigenvalue weighted by Crippen LogP contribution is 2.19. The zero-order valence-electron chi connectivity index (χ0n) is 11.2. The Morgan fingerprint density at radius 2 is 1.94 bits per heavy atom. The number of piperazine rings is 1. The molecular weight excluding hydrogens is 222 g/mol. The maximum atomic E-state index is 3.51. The molecule has 0 amide bonds. The van der Waals surface area contributed by atoms with Gasteiger partial charge in [0.1, 0.15) is 0 Å². The summed E-state index contributed by atoms with van der Waals surface area (Å²) in [5.74, 6) is 0. The normalized spacial score (nSPS) is 27.1. The first-order valence-electron chi connectivity index (χ1n) is 7.05. The molecule has 2 heterocycles. The molecule has 2 fully saturated rings. The molecule has 98 valence electrons. The molecule has 0 spiro atoms. The minimum Gasteiger partial charge on any atom is -0.312 e. The number of nitrogens with zero attached hydrogens (tertiary/aromatic N) is 2. The second kappa shape index (κ2) is 5.39. The molecule has 1 aromatic rings. The maximum Gasteiger partial charge on any atom is 0.0351 e. The SMILES string of the molecule is CC1CN(C2CN(Cc3ccccc3)C2)CCN1. The van der Waals surface area contributed by atoms with Crippen LogP contribution in [0.4, 0.5) is 0 Å². The smallest absolute Gasteiger partial charge is 0.0351 e. The van der Waals surface area contributed by atoms with Gasteiger partial charge in [0, 0.05) is 51.4 Å². The van der Waals surface area contributed by atoms with Crippen molar-refractivity contribution in [2.45, 2.75) is 25.6 Å². The van der Waals surface area contributed by atoms with Crippen molar-refractivity contribution in [3.63, 3.8) is 0 Å². The molecule has 1 aromatic carbocycles. The van der Waals surface area contributed by atoms with Crippen LogP contribution in [-0.2, 0) is 6.54 Å². The fourth-order valence-electron chi connectivity index (χ4n) is 3.04. The molecule has 2 saturated heterocycles. The summed E-state index contributed by atoms with van der Waals surface area (Å²) in [7, 11) is 0. The van der Waals surface area contributed by atoms with E-state index in [0.717, 1.165) is 19.1 Å². The fraction of sp³-hybridized carbons (Fsp3) is 0.600. The molecule has 0 radical (unpaired) electrons. The molecular formula is C15H23N3. The van der Waals surface area contributed by atoms with Crippen LogP contribution in [0, 0.1) is 0 Å². The lowest BCUT2D eigenvalue weighted by Crippen LogP contribution is -2.63. The van der Waals surface area contributed by atoms with Crippen molar-refractivity contribution in [1.29, 1.82) is 0 Å². The van der Waals surface area contributed by atoms with E-state index < -0.39 is 0 Å². The van der Waals surface area contributed by atoms with Crippen molar-refractivity contribution in [1.82, 2.24) is 15.1 Å². The predicted molar refractivity (Wildman–Crippen MR) is 74.5 cm³/mol. The highest BCUT2D eigenvalue weighted by atomic mass is 15.3. The number of likely N-dealkylation sites (tertiary alicyclic amines) is 1. The molecule has 3 rings (SSSR count). The van der Waals surface area contributed by atoms with E-state index in [9.17, 15) is 0 Å². The highest BCUT2D eigenvalue weighted by Gasteiger charge is 2.33.